The molecule has 1 amide bonds. The molecule has 2 aromatic carbocycles. The fraction of sp³-hybridized carbons (Fsp3) is 0.263. The van der Waals surface area contributed by atoms with Crippen molar-refractivity contribution in [3.05, 3.63) is 71.0 Å². The molecular formula is C19H18FNO3. The van der Waals surface area contributed by atoms with E-state index in [1.807, 2.05) is 0 Å². The molecule has 1 saturated carbocycles. The number of benzene rings is 2. The highest BCUT2D eigenvalue weighted by atomic mass is 19.1. The number of methoxy groups -OCH3 is 1. The maximum atomic E-state index is 13.9. The van der Waals surface area contributed by atoms with E-state index in [0.29, 0.717) is 16.7 Å². The highest BCUT2D eigenvalue weighted by molar-refractivity contribution is 5.96. The predicted molar refractivity (Wildman–Crippen MR) is 87.1 cm³/mol. The van der Waals surface area contributed by atoms with E-state index >= 15 is 0 Å². The number of hydrogen-bond acceptors (Lipinski definition) is 3. The summed E-state index contributed by atoms with van der Waals surface area (Å²) in [5.74, 6) is -0.909. The van der Waals surface area contributed by atoms with Crippen molar-refractivity contribution in [2.75, 3.05) is 7.11 Å². The van der Waals surface area contributed by atoms with E-state index < -0.39 is 5.97 Å². The second-order valence-corrected chi connectivity index (χ2v) is 5.82. The molecule has 0 spiro atoms. The van der Waals surface area contributed by atoms with Crippen LogP contribution in [0.15, 0.2) is 48.5 Å². The molecule has 1 aliphatic carbocycles. The molecule has 0 heterocycles. The van der Waals surface area contributed by atoms with Crippen LogP contribution in [0.5, 0.6) is 0 Å². The van der Waals surface area contributed by atoms with Gasteiger partial charge in [-0.2, -0.15) is 0 Å². The quantitative estimate of drug-likeness (QED) is 0.791. The summed E-state index contributed by atoms with van der Waals surface area (Å²) >= 11 is 0. The summed E-state index contributed by atoms with van der Waals surface area (Å²) in [5, 5.41) is 0. The SMILES string of the molecule is COC(=O)c1ccc(C(=O)N(Cc2ccccc2F)C2CC2)cc1. The Hall–Kier alpha value is -2.69. The minimum Gasteiger partial charge on any atom is -0.465 e. The van der Waals surface area contributed by atoms with Crippen LogP contribution in [0.2, 0.25) is 0 Å². The normalized spacial score (nSPS) is 13.4. The molecule has 0 aliphatic heterocycles. The van der Waals surface area contributed by atoms with Crippen LogP contribution in [0, 0.1) is 5.82 Å². The molecule has 1 fully saturated rings. The number of nitrogens with zero attached hydrogens (tertiary/aromatic N) is 1. The minimum atomic E-state index is -0.445. The van der Waals surface area contributed by atoms with E-state index in [4.69, 9.17) is 0 Å². The van der Waals surface area contributed by atoms with E-state index in [9.17, 15) is 14.0 Å². The molecule has 0 radical (unpaired) electrons. The van der Waals surface area contributed by atoms with Gasteiger partial charge in [0.2, 0.25) is 0 Å². The molecule has 5 heteroatoms. The summed E-state index contributed by atoms with van der Waals surface area (Å²) in [7, 11) is 1.31. The van der Waals surface area contributed by atoms with Gasteiger partial charge in [0.05, 0.1) is 12.7 Å². The molecule has 24 heavy (non-hydrogen) atoms. The Morgan fingerprint density at radius 2 is 1.71 bits per heavy atom. The third-order valence-corrected chi connectivity index (χ3v) is 4.10. The largest absolute Gasteiger partial charge is 0.465 e. The molecule has 124 valence electrons. The number of carbonyl (C=O) groups excluding carboxylic acids is 2. The second-order valence-electron chi connectivity index (χ2n) is 5.82. The van der Waals surface area contributed by atoms with Crippen molar-refractivity contribution in [2.24, 2.45) is 0 Å². The van der Waals surface area contributed by atoms with Gasteiger partial charge in [0, 0.05) is 23.7 Å². The number of carbonyl (C=O) groups is 2. The second kappa shape index (κ2) is 6.83. The lowest BCUT2D eigenvalue weighted by molar-refractivity contribution is 0.0599. The number of hydrogen-bond donors (Lipinski definition) is 0. The Bertz CT molecular complexity index is 753. The summed E-state index contributed by atoms with van der Waals surface area (Å²) in [6, 6.07) is 13.0. The average Bonchev–Trinajstić information content (AvgIpc) is 3.45. The van der Waals surface area contributed by atoms with Crippen molar-refractivity contribution in [3.8, 4) is 0 Å². The molecule has 1 aliphatic rings. The molecule has 0 aromatic heterocycles. The highest BCUT2D eigenvalue weighted by Crippen LogP contribution is 2.30. The fourth-order valence-corrected chi connectivity index (χ4v) is 2.60. The zero-order chi connectivity index (χ0) is 17.1. The van der Waals surface area contributed by atoms with Crippen molar-refractivity contribution in [3.63, 3.8) is 0 Å². The lowest BCUT2D eigenvalue weighted by Crippen LogP contribution is -2.33. The van der Waals surface area contributed by atoms with Crippen LogP contribution in [-0.2, 0) is 11.3 Å². The number of rotatable bonds is 5. The smallest absolute Gasteiger partial charge is 0.337 e. The first-order chi connectivity index (χ1) is 11.6. The molecule has 2 aromatic rings. The first-order valence-electron chi connectivity index (χ1n) is 7.83. The maximum Gasteiger partial charge on any atom is 0.337 e. The van der Waals surface area contributed by atoms with Gasteiger partial charge in [0.15, 0.2) is 0 Å². The standard InChI is InChI=1S/C19H18FNO3/c1-24-19(23)14-8-6-13(7-9-14)18(22)21(16-10-11-16)12-15-4-2-3-5-17(15)20/h2-9,16H,10-12H2,1H3. The van der Waals surface area contributed by atoms with E-state index in [0.717, 1.165) is 12.8 Å². The van der Waals surface area contributed by atoms with Gasteiger partial charge in [0.1, 0.15) is 5.82 Å². The lowest BCUT2D eigenvalue weighted by atomic mass is 10.1. The minimum absolute atomic E-state index is 0.150. The van der Waals surface area contributed by atoms with Gasteiger partial charge in [-0.25, -0.2) is 9.18 Å². The monoisotopic (exact) mass is 327 g/mol. The summed E-state index contributed by atoms with van der Waals surface area (Å²) < 4.78 is 18.5. The summed E-state index contributed by atoms with van der Waals surface area (Å²) in [4.78, 5) is 25.9. The van der Waals surface area contributed by atoms with Gasteiger partial charge >= 0.3 is 5.97 Å². The van der Waals surface area contributed by atoms with Gasteiger partial charge < -0.3 is 9.64 Å². The fourth-order valence-electron chi connectivity index (χ4n) is 2.60. The van der Waals surface area contributed by atoms with E-state index in [2.05, 4.69) is 4.74 Å². The first-order valence-corrected chi connectivity index (χ1v) is 7.83. The molecule has 3 rings (SSSR count). The Morgan fingerprint density at radius 3 is 2.29 bits per heavy atom. The lowest BCUT2D eigenvalue weighted by Gasteiger charge is -2.23. The number of halogens is 1. The first kappa shape index (κ1) is 16.2. The zero-order valence-electron chi connectivity index (χ0n) is 13.4. The Kier molecular flexibility index (Phi) is 4.60. The Balaban J connectivity index is 1.80. The van der Waals surface area contributed by atoms with Crippen LogP contribution >= 0.6 is 0 Å². The topological polar surface area (TPSA) is 46.6 Å². The molecule has 0 atom stereocenters. The van der Waals surface area contributed by atoms with Gasteiger partial charge in [-0.1, -0.05) is 18.2 Å². The van der Waals surface area contributed by atoms with Crippen molar-refractivity contribution >= 4 is 11.9 Å². The van der Waals surface area contributed by atoms with Crippen molar-refractivity contribution in [1.82, 2.24) is 4.90 Å². The van der Waals surface area contributed by atoms with Crippen LogP contribution < -0.4 is 0 Å². The Labute approximate surface area is 139 Å². The molecular weight excluding hydrogens is 309 g/mol. The van der Waals surface area contributed by atoms with E-state index in [1.54, 1.807) is 47.4 Å². The third-order valence-electron chi connectivity index (χ3n) is 4.10. The van der Waals surface area contributed by atoms with Gasteiger partial charge in [-0.05, 0) is 43.2 Å². The Morgan fingerprint density at radius 1 is 1.08 bits per heavy atom. The molecule has 0 bridgehead atoms. The third kappa shape index (κ3) is 3.45. The van der Waals surface area contributed by atoms with E-state index in [1.165, 1.54) is 13.2 Å². The number of ether oxygens (including phenoxy) is 1. The average molecular weight is 327 g/mol. The van der Waals surface area contributed by atoms with Crippen LogP contribution in [0.3, 0.4) is 0 Å². The van der Waals surface area contributed by atoms with Gasteiger partial charge in [0.25, 0.3) is 5.91 Å². The molecule has 0 unspecified atom stereocenters. The summed E-state index contributed by atoms with van der Waals surface area (Å²) in [6.07, 6.45) is 1.86. The predicted octanol–water partition coefficient (Wildman–Crippen LogP) is 3.42. The molecule has 0 saturated heterocycles. The van der Waals surface area contributed by atoms with Crippen molar-refractivity contribution in [1.29, 1.82) is 0 Å². The zero-order valence-corrected chi connectivity index (χ0v) is 13.4. The molecule has 4 nitrogen and oxygen atoms in total. The van der Waals surface area contributed by atoms with Crippen molar-refractivity contribution in [2.45, 2.75) is 25.4 Å². The van der Waals surface area contributed by atoms with E-state index in [-0.39, 0.29) is 24.3 Å². The summed E-state index contributed by atoms with van der Waals surface area (Å²) in [5.41, 5.74) is 1.37. The van der Waals surface area contributed by atoms with Crippen molar-refractivity contribution < 1.29 is 18.7 Å². The van der Waals surface area contributed by atoms with Crippen LogP contribution in [-0.4, -0.2) is 29.9 Å². The summed E-state index contributed by atoms with van der Waals surface area (Å²) in [6.45, 7) is 0.245. The maximum absolute atomic E-state index is 13.9. The van der Waals surface area contributed by atoms with Crippen LogP contribution in [0.25, 0.3) is 0 Å². The van der Waals surface area contributed by atoms with Gasteiger partial charge in [-0.3, -0.25) is 4.79 Å². The number of esters is 1. The van der Waals surface area contributed by atoms with Gasteiger partial charge in [-0.15, -0.1) is 0 Å². The molecule has 0 N–H and O–H groups in total. The highest BCUT2D eigenvalue weighted by Gasteiger charge is 2.33. The van der Waals surface area contributed by atoms with Crippen LogP contribution in [0.4, 0.5) is 4.39 Å². The van der Waals surface area contributed by atoms with Crippen LogP contribution in [0.1, 0.15) is 39.1 Å². The number of amides is 1.